The Morgan fingerprint density at radius 2 is 1.89 bits per heavy atom. The molecular formula is C21H24O7. The van der Waals surface area contributed by atoms with Crippen molar-refractivity contribution in [1.82, 2.24) is 0 Å². The van der Waals surface area contributed by atoms with Crippen LogP contribution >= 0.6 is 0 Å². The number of hydrogen-bond donors (Lipinski definition) is 0. The van der Waals surface area contributed by atoms with Crippen LogP contribution in [-0.2, 0) is 33.4 Å². The third-order valence-electron chi connectivity index (χ3n) is 5.72. The highest BCUT2D eigenvalue weighted by molar-refractivity contribution is 6.09. The molecule has 2 aliphatic carbocycles. The largest absolute Gasteiger partial charge is 0.458 e. The predicted molar refractivity (Wildman–Crippen MR) is 97.8 cm³/mol. The number of carbonyl (C=O) groups excluding carboxylic acids is 4. The van der Waals surface area contributed by atoms with Gasteiger partial charge < -0.3 is 14.2 Å². The van der Waals surface area contributed by atoms with Crippen LogP contribution in [0.3, 0.4) is 0 Å². The molecule has 7 heteroatoms. The molecule has 1 fully saturated rings. The highest BCUT2D eigenvalue weighted by Crippen LogP contribution is 2.51. The van der Waals surface area contributed by atoms with Gasteiger partial charge in [0.2, 0.25) is 5.60 Å². The molecule has 150 valence electrons. The van der Waals surface area contributed by atoms with Crippen LogP contribution in [0.25, 0.3) is 0 Å². The van der Waals surface area contributed by atoms with Gasteiger partial charge in [0.05, 0.1) is 5.92 Å². The van der Waals surface area contributed by atoms with Gasteiger partial charge in [0.25, 0.3) is 0 Å². The summed E-state index contributed by atoms with van der Waals surface area (Å²) >= 11 is 0. The normalized spacial score (nSPS) is 34.1. The molecule has 0 spiro atoms. The molecule has 1 saturated heterocycles. The molecule has 7 nitrogen and oxygen atoms in total. The molecule has 0 aromatic carbocycles. The molecule has 5 unspecified atom stereocenters. The summed E-state index contributed by atoms with van der Waals surface area (Å²) in [5.41, 5.74) is 0.663. The minimum atomic E-state index is -1.63. The van der Waals surface area contributed by atoms with Gasteiger partial charge in [-0.3, -0.25) is 9.59 Å². The van der Waals surface area contributed by atoms with Crippen molar-refractivity contribution >= 4 is 23.7 Å². The summed E-state index contributed by atoms with van der Waals surface area (Å²) in [6, 6.07) is 0. The first-order chi connectivity index (χ1) is 13.0. The first kappa shape index (κ1) is 20.0. The van der Waals surface area contributed by atoms with Gasteiger partial charge in [0.1, 0.15) is 12.2 Å². The molecule has 3 aliphatic rings. The van der Waals surface area contributed by atoms with Gasteiger partial charge in [-0.05, 0) is 33.8 Å². The Morgan fingerprint density at radius 3 is 2.46 bits per heavy atom. The topological polar surface area (TPSA) is 96.0 Å². The molecule has 28 heavy (non-hydrogen) atoms. The molecule has 5 atom stereocenters. The van der Waals surface area contributed by atoms with Crippen LogP contribution in [0.1, 0.15) is 41.0 Å². The number of fused-ring (bicyclic) bond motifs is 3. The smallest absolute Gasteiger partial charge is 0.351 e. The maximum Gasteiger partial charge on any atom is 0.351 e. The van der Waals surface area contributed by atoms with Gasteiger partial charge in [0, 0.05) is 30.4 Å². The molecule has 0 bridgehead atoms. The van der Waals surface area contributed by atoms with Crippen LogP contribution in [0.4, 0.5) is 0 Å². The van der Waals surface area contributed by atoms with Gasteiger partial charge in [-0.1, -0.05) is 17.7 Å². The molecule has 0 N–H and O–H groups in total. The molecule has 1 aliphatic heterocycles. The quantitative estimate of drug-likeness (QED) is 0.415. The third-order valence-corrected chi connectivity index (χ3v) is 5.72. The first-order valence-electron chi connectivity index (χ1n) is 9.16. The van der Waals surface area contributed by atoms with Crippen LogP contribution in [-0.4, -0.2) is 41.5 Å². The Hall–Kier alpha value is -2.70. The second-order valence-corrected chi connectivity index (χ2v) is 7.95. The number of rotatable bonds is 3. The first-order valence-corrected chi connectivity index (χ1v) is 9.16. The van der Waals surface area contributed by atoms with Crippen molar-refractivity contribution in [3.63, 3.8) is 0 Å². The van der Waals surface area contributed by atoms with Crippen molar-refractivity contribution in [2.45, 2.75) is 58.8 Å². The molecule has 0 aromatic heterocycles. The van der Waals surface area contributed by atoms with E-state index in [0.717, 1.165) is 11.1 Å². The van der Waals surface area contributed by atoms with E-state index in [9.17, 15) is 19.2 Å². The highest BCUT2D eigenvalue weighted by Gasteiger charge is 2.65. The summed E-state index contributed by atoms with van der Waals surface area (Å²) < 4.78 is 16.7. The average molecular weight is 388 g/mol. The zero-order valence-corrected chi connectivity index (χ0v) is 16.7. The summed E-state index contributed by atoms with van der Waals surface area (Å²) in [5, 5.41) is 0. The van der Waals surface area contributed by atoms with Crippen molar-refractivity contribution in [1.29, 1.82) is 0 Å². The Bertz CT molecular complexity index is 862. The van der Waals surface area contributed by atoms with E-state index < -0.39 is 47.6 Å². The Labute approximate surface area is 163 Å². The maximum absolute atomic E-state index is 12.8. The SMILES string of the molecule is C=C(C)C(=O)OC1CC(C)=C2C(=O)C=C(C)C2C2OC(=O)C(C)(OC(C)=O)C12. The lowest BCUT2D eigenvalue weighted by Crippen LogP contribution is -2.50. The molecule has 1 heterocycles. The summed E-state index contributed by atoms with van der Waals surface area (Å²) in [6.45, 7) is 11.4. The van der Waals surface area contributed by atoms with E-state index in [1.165, 1.54) is 26.8 Å². The fraction of sp³-hybridized carbons (Fsp3) is 0.524. The second-order valence-electron chi connectivity index (χ2n) is 7.95. The monoisotopic (exact) mass is 388 g/mol. The van der Waals surface area contributed by atoms with Crippen LogP contribution in [0.15, 0.2) is 34.9 Å². The lowest BCUT2D eigenvalue weighted by Gasteiger charge is -2.34. The number of allylic oxidation sites excluding steroid dienone is 1. The second kappa shape index (κ2) is 6.72. The van der Waals surface area contributed by atoms with Crippen molar-refractivity contribution in [2.24, 2.45) is 11.8 Å². The lowest BCUT2D eigenvalue weighted by molar-refractivity contribution is -0.176. The van der Waals surface area contributed by atoms with Crippen LogP contribution in [0.2, 0.25) is 0 Å². The minimum absolute atomic E-state index is 0.136. The summed E-state index contributed by atoms with van der Waals surface area (Å²) in [4.78, 5) is 49.3. The number of ketones is 1. The van der Waals surface area contributed by atoms with Crippen molar-refractivity contribution in [3.05, 3.63) is 34.9 Å². The van der Waals surface area contributed by atoms with E-state index in [2.05, 4.69) is 6.58 Å². The standard InChI is InChI=1S/C21H24O7/c1-9(2)19(24)26-14-8-11(4)15-13(23)7-10(3)16(15)18-17(14)21(6,20(25)27-18)28-12(5)22/h7,14,16-18H,1,8H2,2-6H3. The molecule has 0 radical (unpaired) electrons. The third kappa shape index (κ3) is 2.99. The van der Waals surface area contributed by atoms with E-state index in [1.807, 2.05) is 0 Å². The number of ether oxygens (including phenoxy) is 3. The Balaban J connectivity index is 2.14. The van der Waals surface area contributed by atoms with E-state index in [1.54, 1.807) is 13.8 Å². The van der Waals surface area contributed by atoms with Crippen LogP contribution < -0.4 is 0 Å². The molecule has 0 saturated carbocycles. The van der Waals surface area contributed by atoms with E-state index in [0.29, 0.717) is 5.57 Å². The predicted octanol–water partition coefficient (Wildman–Crippen LogP) is 2.20. The van der Waals surface area contributed by atoms with Crippen molar-refractivity contribution in [3.8, 4) is 0 Å². The summed E-state index contributed by atoms with van der Waals surface area (Å²) in [7, 11) is 0. The summed E-state index contributed by atoms with van der Waals surface area (Å²) in [5.74, 6) is -3.32. The summed E-state index contributed by atoms with van der Waals surface area (Å²) in [6.07, 6.45) is 0.168. The van der Waals surface area contributed by atoms with Crippen molar-refractivity contribution in [2.75, 3.05) is 0 Å². The van der Waals surface area contributed by atoms with E-state index in [4.69, 9.17) is 14.2 Å². The Kier molecular flexibility index (Phi) is 4.81. The molecule has 0 amide bonds. The van der Waals surface area contributed by atoms with Crippen molar-refractivity contribution < 1.29 is 33.4 Å². The number of carbonyl (C=O) groups is 4. The van der Waals surface area contributed by atoms with E-state index in [-0.39, 0.29) is 17.8 Å². The molecule has 3 rings (SSSR count). The fourth-order valence-electron chi connectivity index (χ4n) is 4.56. The fourth-order valence-corrected chi connectivity index (χ4v) is 4.56. The average Bonchev–Trinajstić information content (AvgIpc) is 2.93. The van der Waals surface area contributed by atoms with Crippen LogP contribution in [0.5, 0.6) is 0 Å². The molecule has 0 aromatic rings. The van der Waals surface area contributed by atoms with Gasteiger partial charge >= 0.3 is 17.9 Å². The van der Waals surface area contributed by atoms with E-state index >= 15 is 0 Å². The van der Waals surface area contributed by atoms with Gasteiger partial charge in [-0.15, -0.1) is 0 Å². The minimum Gasteiger partial charge on any atom is -0.458 e. The zero-order valence-electron chi connectivity index (χ0n) is 16.7. The zero-order chi connectivity index (χ0) is 21.0. The highest BCUT2D eigenvalue weighted by atomic mass is 16.6. The number of esters is 3. The molecular weight excluding hydrogens is 364 g/mol. The van der Waals surface area contributed by atoms with Gasteiger partial charge in [-0.25, -0.2) is 9.59 Å². The maximum atomic E-state index is 12.8. The van der Waals surface area contributed by atoms with Crippen LogP contribution in [0, 0.1) is 11.8 Å². The lowest BCUT2D eigenvalue weighted by atomic mass is 9.77. The number of hydrogen-bond acceptors (Lipinski definition) is 7. The van der Waals surface area contributed by atoms with Gasteiger partial charge in [0.15, 0.2) is 5.78 Å². The van der Waals surface area contributed by atoms with Gasteiger partial charge in [-0.2, -0.15) is 0 Å². The Morgan fingerprint density at radius 1 is 1.25 bits per heavy atom.